The van der Waals surface area contributed by atoms with Crippen molar-refractivity contribution in [2.45, 2.75) is 0 Å². The van der Waals surface area contributed by atoms with Gasteiger partial charge in [0.05, 0.1) is 6.54 Å². The van der Waals surface area contributed by atoms with Gasteiger partial charge in [0.25, 0.3) is 11.8 Å². The van der Waals surface area contributed by atoms with Crippen LogP contribution in [0.1, 0.15) is 10.5 Å². The summed E-state index contributed by atoms with van der Waals surface area (Å²) in [6.07, 6.45) is 1.59. The van der Waals surface area contributed by atoms with Crippen LogP contribution in [-0.4, -0.2) is 93.5 Å². The van der Waals surface area contributed by atoms with E-state index in [1.165, 1.54) is 4.90 Å². The molecule has 3 heterocycles. The molecule has 2 aliphatic heterocycles. The van der Waals surface area contributed by atoms with E-state index in [4.69, 9.17) is 5.11 Å². The van der Waals surface area contributed by atoms with Gasteiger partial charge >= 0.3 is 5.97 Å². The molecule has 26 heavy (non-hydrogen) atoms. The van der Waals surface area contributed by atoms with Crippen LogP contribution >= 0.6 is 0 Å². The Kier molecular flexibility index (Phi) is 5.17. The lowest BCUT2D eigenvalue weighted by atomic mass is 10.2. The molecule has 0 radical (unpaired) electrons. The zero-order chi connectivity index (χ0) is 18.7. The molecule has 0 atom stereocenters. The van der Waals surface area contributed by atoms with Crippen molar-refractivity contribution in [1.29, 1.82) is 0 Å². The molecule has 0 unspecified atom stereocenters. The van der Waals surface area contributed by atoms with Gasteiger partial charge in [-0.05, 0) is 12.1 Å². The van der Waals surface area contributed by atoms with E-state index in [0.29, 0.717) is 45.0 Å². The Bertz CT molecular complexity index is 741. The van der Waals surface area contributed by atoms with Gasteiger partial charge < -0.3 is 20.0 Å². The smallest absolute Gasteiger partial charge is 0.337 e. The molecule has 2 aliphatic rings. The van der Waals surface area contributed by atoms with Crippen molar-refractivity contribution in [2.24, 2.45) is 0 Å². The highest BCUT2D eigenvalue weighted by atomic mass is 16.4. The Morgan fingerprint density at radius 3 is 2.42 bits per heavy atom. The molecule has 138 valence electrons. The monoisotopic (exact) mass is 360 g/mol. The second-order valence-electron chi connectivity index (χ2n) is 6.21. The molecule has 1 aromatic rings. The fourth-order valence-electron chi connectivity index (χ4n) is 3.05. The standard InChI is InChI=1S/C17H20N4O5/c22-14-12(17(25)26)11-21(16(14)24)10-7-19-5-8-20(9-6-19)15(23)13-3-1-2-4-18-13/h1-4,22H,5-11H2,(H,25,26). The van der Waals surface area contributed by atoms with E-state index in [-0.39, 0.29) is 18.0 Å². The van der Waals surface area contributed by atoms with Crippen LogP contribution in [0.3, 0.4) is 0 Å². The quantitative estimate of drug-likeness (QED) is 0.733. The zero-order valence-electron chi connectivity index (χ0n) is 14.2. The Balaban J connectivity index is 1.46. The minimum Gasteiger partial charge on any atom is -0.503 e. The highest BCUT2D eigenvalue weighted by Crippen LogP contribution is 2.17. The van der Waals surface area contributed by atoms with Gasteiger partial charge in [-0.1, -0.05) is 6.07 Å². The molecule has 0 saturated carbocycles. The summed E-state index contributed by atoms with van der Waals surface area (Å²) in [5, 5.41) is 18.5. The molecule has 0 bridgehead atoms. The summed E-state index contributed by atoms with van der Waals surface area (Å²) in [5.74, 6) is -2.70. The topological polar surface area (TPSA) is 114 Å². The van der Waals surface area contributed by atoms with Crippen molar-refractivity contribution >= 4 is 17.8 Å². The molecule has 0 aromatic carbocycles. The molecular formula is C17H20N4O5. The number of hydrogen-bond acceptors (Lipinski definition) is 6. The first kappa shape index (κ1) is 17.9. The van der Waals surface area contributed by atoms with Gasteiger partial charge in [0.15, 0.2) is 5.76 Å². The summed E-state index contributed by atoms with van der Waals surface area (Å²) in [4.78, 5) is 44.4. The lowest BCUT2D eigenvalue weighted by Crippen LogP contribution is -2.50. The number of carboxylic acids is 1. The van der Waals surface area contributed by atoms with Crippen molar-refractivity contribution in [2.75, 3.05) is 45.8 Å². The van der Waals surface area contributed by atoms with Crippen molar-refractivity contribution in [3.8, 4) is 0 Å². The summed E-state index contributed by atoms with van der Waals surface area (Å²) in [7, 11) is 0. The van der Waals surface area contributed by atoms with Crippen LogP contribution in [0, 0.1) is 0 Å². The molecule has 0 spiro atoms. The van der Waals surface area contributed by atoms with E-state index < -0.39 is 17.6 Å². The molecule has 9 heteroatoms. The number of carboxylic acid groups (broad SMARTS) is 1. The van der Waals surface area contributed by atoms with Crippen LogP contribution in [0.15, 0.2) is 35.7 Å². The van der Waals surface area contributed by atoms with E-state index in [1.807, 2.05) is 0 Å². The number of aliphatic hydroxyl groups is 1. The number of nitrogens with zero attached hydrogens (tertiary/aromatic N) is 4. The summed E-state index contributed by atoms with van der Waals surface area (Å²) in [6.45, 7) is 3.24. The van der Waals surface area contributed by atoms with Crippen molar-refractivity contribution in [3.63, 3.8) is 0 Å². The predicted octanol–water partition coefficient (Wildman–Crippen LogP) is -0.422. The number of piperazine rings is 1. The largest absolute Gasteiger partial charge is 0.503 e. The summed E-state index contributed by atoms with van der Waals surface area (Å²) >= 11 is 0. The van der Waals surface area contributed by atoms with Crippen LogP contribution in [0.4, 0.5) is 0 Å². The molecule has 1 aromatic heterocycles. The van der Waals surface area contributed by atoms with Gasteiger partial charge in [0.2, 0.25) is 0 Å². The lowest BCUT2D eigenvalue weighted by molar-refractivity contribution is -0.133. The fourth-order valence-corrected chi connectivity index (χ4v) is 3.05. The average molecular weight is 360 g/mol. The zero-order valence-corrected chi connectivity index (χ0v) is 14.2. The molecule has 2 N–H and O–H groups in total. The Labute approximate surface area is 150 Å². The maximum absolute atomic E-state index is 12.4. The number of aromatic nitrogens is 1. The van der Waals surface area contributed by atoms with Crippen molar-refractivity contribution in [3.05, 3.63) is 41.4 Å². The Hall–Kier alpha value is -2.94. The fraction of sp³-hybridized carbons (Fsp3) is 0.412. The molecule has 1 saturated heterocycles. The minimum absolute atomic E-state index is 0.0852. The first-order valence-electron chi connectivity index (χ1n) is 8.34. The van der Waals surface area contributed by atoms with Crippen LogP contribution in [0.2, 0.25) is 0 Å². The summed E-state index contributed by atoms with van der Waals surface area (Å²) in [5.41, 5.74) is 0.159. The molecule has 1 fully saturated rings. The van der Waals surface area contributed by atoms with Gasteiger partial charge in [0, 0.05) is 45.5 Å². The molecule has 2 amide bonds. The normalized spacial score (nSPS) is 18.5. The Morgan fingerprint density at radius 1 is 1.12 bits per heavy atom. The third-order valence-corrected chi connectivity index (χ3v) is 4.61. The predicted molar refractivity (Wildman–Crippen MR) is 90.5 cm³/mol. The summed E-state index contributed by atoms with van der Waals surface area (Å²) < 4.78 is 0. The van der Waals surface area contributed by atoms with E-state index in [9.17, 15) is 19.5 Å². The number of carbonyl (C=O) groups excluding carboxylic acids is 2. The second kappa shape index (κ2) is 7.52. The number of rotatable bonds is 5. The maximum Gasteiger partial charge on any atom is 0.337 e. The van der Waals surface area contributed by atoms with Gasteiger partial charge in [-0.25, -0.2) is 4.79 Å². The molecule has 0 aliphatic carbocycles. The first-order chi connectivity index (χ1) is 12.5. The Morgan fingerprint density at radius 2 is 1.85 bits per heavy atom. The van der Waals surface area contributed by atoms with Crippen LogP contribution in [0.5, 0.6) is 0 Å². The third kappa shape index (κ3) is 3.67. The first-order valence-corrected chi connectivity index (χ1v) is 8.34. The minimum atomic E-state index is -1.28. The average Bonchev–Trinajstić information content (AvgIpc) is 2.95. The molecule has 3 rings (SSSR count). The van der Waals surface area contributed by atoms with E-state index in [0.717, 1.165) is 0 Å². The van der Waals surface area contributed by atoms with Crippen molar-refractivity contribution < 1.29 is 24.6 Å². The third-order valence-electron chi connectivity index (χ3n) is 4.61. The highest BCUT2D eigenvalue weighted by Gasteiger charge is 2.34. The summed E-state index contributed by atoms with van der Waals surface area (Å²) in [6, 6.07) is 5.22. The van der Waals surface area contributed by atoms with Gasteiger partial charge in [0.1, 0.15) is 11.3 Å². The van der Waals surface area contributed by atoms with Crippen LogP contribution in [-0.2, 0) is 9.59 Å². The number of carbonyl (C=O) groups is 3. The highest BCUT2D eigenvalue weighted by molar-refractivity contribution is 6.04. The maximum atomic E-state index is 12.4. The molecule has 9 nitrogen and oxygen atoms in total. The lowest BCUT2D eigenvalue weighted by Gasteiger charge is -2.35. The van der Waals surface area contributed by atoms with E-state index in [2.05, 4.69) is 9.88 Å². The van der Waals surface area contributed by atoms with Gasteiger partial charge in [-0.3, -0.25) is 19.5 Å². The number of amides is 2. The van der Waals surface area contributed by atoms with Gasteiger partial charge in [-0.2, -0.15) is 0 Å². The number of aliphatic carboxylic acids is 1. The number of aliphatic hydroxyl groups excluding tert-OH is 1. The van der Waals surface area contributed by atoms with Crippen LogP contribution < -0.4 is 0 Å². The van der Waals surface area contributed by atoms with Crippen LogP contribution in [0.25, 0.3) is 0 Å². The van der Waals surface area contributed by atoms with Gasteiger partial charge in [-0.15, -0.1) is 0 Å². The van der Waals surface area contributed by atoms with E-state index >= 15 is 0 Å². The molecular weight excluding hydrogens is 340 g/mol. The number of pyridine rings is 1. The van der Waals surface area contributed by atoms with E-state index in [1.54, 1.807) is 29.3 Å². The SMILES string of the molecule is O=C(O)C1=C(O)C(=O)N(CCN2CCN(C(=O)c3ccccn3)CC2)C1. The second-order valence-corrected chi connectivity index (χ2v) is 6.21. The van der Waals surface area contributed by atoms with Crippen molar-refractivity contribution in [1.82, 2.24) is 19.7 Å². The number of hydrogen-bond donors (Lipinski definition) is 2.